The van der Waals surface area contributed by atoms with Crippen LogP contribution in [0.4, 0.5) is 0 Å². The quantitative estimate of drug-likeness (QED) is 0.905. The van der Waals surface area contributed by atoms with Crippen molar-refractivity contribution in [2.75, 3.05) is 0 Å². The van der Waals surface area contributed by atoms with Gasteiger partial charge in [0.25, 0.3) is 5.91 Å². The zero-order chi connectivity index (χ0) is 14.0. The Kier molecular flexibility index (Phi) is 3.69. The van der Waals surface area contributed by atoms with E-state index in [9.17, 15) is 4.79 Å². The number of aryl methyl sites for hydroxylation is 2. The lowest BCUT2D eigenvalue weighted by atomic mass is 10.1. The van der Waals surface area contributed by atoms with E-state index in [1.807, 2.05) is 27.8 Å². The van der Waals surface area contributed by atoms with Gasteiger partial charge in [0.15, 0.2) is 0 Å². The fourth-order valence-corrected chi connectivity index (χ4v) is 1.95. The monoisotopic (exact) mass is 261 g/mol. The van der Waals surface area contributed by atoms with E-state index in [4.69, 9.17) is 0 Å². The van der Waals surface area contributed by atoms with Crippen LogP contribution < -0.4 is 5.32 Å². The standard InChI is InChI=1S/C13H19N5O/c1-5-18-8-11(6-15-18)13(19)16-9(2)12-7-14-17(4)10(12)3/h6-9H,5H2,1-4H3,(H,16,19). The van der Waals surface area contributed by atoms with Gasteiger partial charge in [0, 0.05) is 31.0 Å². The molecule has 1 atom stereocenters. The molecule has 0 radical (unpaired) electrons. The van der Waals surface area contributed by atoms with E-state index in [1.54, 1.807) is 28.0 Å². The summed E-state index contributed by atoms with van der Waals surface area (Å²) in [4.78, 5) is 12.1. The summed E-state index contributed by atoms with van der Waals surface area (Å²) in [7, 11) is 1.89. The molecule has 19 heavy (non-hydrogen) atoms. The largest absolute Gasteiger partial charge is 0.345 e. The summed E-state index contributed by atoms with van der Waals surface area (Å²) in [6.07, 6.45) is 5.12. The molecule has 0 spiro atoms. The zero-order valence-corrected chi connectivity index (χ0v) is 11.7. The summed E-state index contributed by atoms with van der Waals surface area (Å²) >= 11 is 0. The summed E-state index contributed by atoms with van der Waals surface area (Å²) in [5.74, 6) is -0.115. The molecule has 6 heteroatoms. The third-order valence-electron chi connectivity index (χ3n) is 3.31. The highest BCUT2D eigenvalue weighted by Gasteiger charge is 2.16. The van der Waals surface area contributed by atoms with Crippen LogP contribution in [0.25, 0.3) is 0 Å². The third kappa shape index (κ3) is 2.67. The van der Waals surface area contributed by atoms with Crippen LogP contribution in [0.3, 0.4) is 0 Å². The van der Waals surface area contributed by atoms with Crippen LogP contribution in [-0.4, -0.2) is 25.5 Å². The number of nitrogens with one attached hydrogen (secondary N) is 1. The Bertz CT molecular complexity index is 584. The van der Waals surface area contributed by atoms with Crippen LogP contribution in [0.15, 0.2) is 18.6 Å². The third-order valence-corrected chi connectivity index (χ3v) is 3.31. The number of carbonyl (C=O) groups excluding carboxylic acids is 1. The minimum Gasteiger partial charge on any atom is -0.345 e. The van der Waals surface area contributed by atoms with Crippen molar-refractivity contribution in [3.05, 3.63) is 35.4 Å². The summed E-state index contributed by atoms with van der Waals surface area (Å²) in [6, 6.07) is -0.0776. The second-order valence-electron chi connectivity index (χ2n) is 4.59. The lowest BCUT2D eigenvalue weighted by Crippen LogP contribution is -2.26. The van der Waals surface area contributed by atoms with E-state index in [2.05, 4.69) is 15.5 Å². The van der Waals surface area contributed by atoms with Crippen LogP contribution in [-0.2, 0) is 13.6 Å². The first-order valence-electron chi connectivity index (χ1n) is 6.34. The normalized spacial score (nSPS) is 12.4. The van der Waals surface area contributed by atoms with Crippen molar-refractivity contribution in [1.82, 2.24) is 24.9 Å². The summed E-state index contributed by atoms with van der Waals surface area (Å²) in [5.41, 5.74) is 2.66. The highest BCUT2D eigenvalue weighted by molar-refractivity contribution is 5.93. The fraction of sp³-hybridized carbons (Fsp3) is 0.462. The molecular formula is C13H19N5O. The van der Waals surface area contributed by atoms with Crippen molar-refractivity contribution in [1.29, 1.82) is 0 Å². The molecule has 2 aromatic rings. The first kappa shape index (κ1) is 13.3. The predicted octanol–water partition coefficient (Wildman–Crippen LogP) is 1.44. The Balaban J connectivity index is 2.08. The van der Waals surface area contributed by atoms with Gasteiger partial charge in [0.2, 0.25) is 0 Å². The maximum absolute atomic E-state index is 12.1. The molecule has 6 nitrogen and oxygen atoms in total. The SMILES string of the molecule is CCn1cc(C(=O)NC(C)c2cnn(C)c2C)cn1. The van der Waals surface area contributed by atoms with E-state index in [0.717, 1.165) is 17.8 Å². The van der Waals surface area contributed by atoms with Gasteiger partial charge in [-0.2, -0.15) is 10.2 Å². The van der Waals surface area contributed by atoms with E-state index >= 15 is 0 Å². The summed E-state index contributed by atoms with van der Waals surface area (Å²) < 4.78 is 3.53. The fourth-order valence-electron chi connectivity index (χ4n) is 1.95. The molecule has 0 fully saturated rings. The van der Waals surface area contributed by atoms with Gasteiger partial charge in [-0.15, -0.1) is 0 Å². The van der Waals surface area contributed by atoms with Gasteiger partial charge < -0.3 is 5.32 Å². The van der Waals surface area contributed by atoms with Crippen molar-refractivity contribution in [3.63, 3.8) is 0 Å². The van der Waals surface area contributed by atoms with Crippen LogP contribution in [0.1, 0.15) is 41.5 Å². The molecule has 1 unspecified atom stereocenters. The van der Waals surface area contributed by atoms with Gasteiger partial charge in [-0.05, 0) is 20.8 Å². The first-order chi connectivity index (χ1) is 9.02. The van der Waals surface area contributed by atoms with Gasteiger partial charge in [0.1, 0.15) is 0 Å². The topological polar surface area (TPSA) is 64.7 Å². The van der Waals surface area contributed by atoms with Crippen molar-refractivity contribution < 1.29 is 4.79 Å². The number of amides is 1. The average Bonchev–Trinajstić information content (AvgIpc) is 2.98. The second kappa shape index (κ2) is 5.26. The van der Waals surface area contributed by atoms with Crippen LogP contribution in [0.5, 0.6) is 0 Å². The van der Waals surface area contributed by atoms with Crippen molar-refractivity contribution in [2.24, 2.45) is 7.05 Å². The number of hydrogen-bond acceptors (Lipinski definition) is 3. The zero-order valence-electron chi connectivity index (χ0n) is 11.7. The number of nitrogens with zero attached hydrogens (tertiary/aromatic N) is 4. The smallest absolute Gasteiger partial charge is 0.254 e. The highest BCUT2D eigenvalue weighted by Crippen LogP contribution is 2.16. The number of carbonyl (C=O) groups is 1. The molecule has 0 aromatic carbocycles. The Hall–Kier alpha value is -2.11. The number of hydrogen-bond donors (Lipinski definition) is 1. The molecule has 0 aliphatic carbocycles. The first-order valence-corrected chi connectivity index (χ1v) is 6.34. The molecule has 2 aromatic heterocycles. The van der Waals surface area contributed by atoms with E-state index < -0.39 is 0 Å². The Morgan fingerprint density at radius 3 is 2.68 bits per heavy atom. The maximum Gasteiger partial charge on any atom is 0.254 e. The van der Waals surface area contributed by atoms with Gasteiger partial charge in [-0.25, -0.2) is 0 Å². The molecule has 0 bridgehead atoms. The van der Waals surface area contributed by atoms with Crippen LogP contribution in [0, 0.1) is 6.92 Å². The molecule has 0 aliphatic heterocycles. The van der Waals surface area contributed by atoms with E-state index in [0.29, 0.717) is 5.56 Å². The van der Waals surface area contributed by atoms with Gasteiger partial charge >= 0.3 is 0 Å². The number of rotatable bonds is 4. The Labute approximate surface area is 112 Å². The van der Waals surface area contributed by atoms with E-state index in [1.165, 1.54) is 0 Å². The molecule has 0 aliphatic rings. The second-order valence-corrected chi connectivity index (χ2v) is 4.59. The minimum absolute atomic E-state index is 0.0776. The molecule has 1 amide bonds. The van der Waals surface area contributed by atoms with Crippen molar-refractivity contribution >= 4 is 5.91 Å². The van der Waals surface area contributed by atoms with Gasteiger partial charge in [0.05, 0.1) is 24.0 Å². The van der Waals surface area contributed by atoms with Crippen molar-refractivity contribution in [3.8, 4) is 0 Å². The van der Waals surface area contributed by atoms with E-state index in [-0.39, 0.29) is 11.9 Å². The highest BCUT2D eigenvalue weighted by atomic mass is 16.1. The van der Waals surface area contributed by atoms with Crippen LogP contribution >= 0.6 is 0 Å². The Morgan fingerprint density at radius 1 is 1.42 bits per heavy atom. The van der Waals surface area contributed by atoms with Crippen LogP contribution in [0.2, 0.25) is 0 Å². The lowest BCUT2D eigenvalue weighted by molar-refractivity contribution is 0.0939. The average molecular weight is 261 g/mol. The molecule has 0 saturated carbocycles. The number of aromatic nitrogens is 4. The minimum atomic E-state index is -0.115. The molecule has 2 heterocycles. The lowest BCUT2D eigenvalue weighted by Gasteiger charge is -2.12. The molecule has 1 N–H and O–H groups in total. The molecule has 2 rings (SSSR count). The summed E-state index contributed by atoms with van der Waals surface area (Å²) in [5, 5.41) is 11.2. The molecule has 0 saturated heterocycles. The maximum atomic E-state index is 12.1. The molecule has 102 valence electrons. The van der Waals surface area contributed by atoms with Gasteiger partial charge in [-0.1, -0.05) is 0 Å². The predicted molar refractivity (Wildman–Crippen MR) is 71.7 cm³/mol. The van der Waals surface area contributed by atoms with Gasteiger partial charge in [-0.3, -0.25) is 14.2 Å². The van der Waals surface area contributed by atoms with Crippen molar-refractivity contribution in [2.45, 2.75) is 33.4 Å². The molecular weight excluding hydrogens is 242 g/mol. The summed E-state index contributed by atoms with van der Waals surface area (Å²) in [6.45, 7) is 6.67. The Morgan fingerprint density at radius 2 is 2.16 bits per heavy atom.